The second kappa shape index (κ2) is 10.4. The summed E-state index contributed by atoms with van der Waals surface area (Å²) in [6, 6.07) is 5.47. The van der Waals surface area contributed by atoms with Crippen molar-refractivity contribution in [1.82, 2.24) is 9.80 Å². The van der Waals surface area contributed by atoms with Crippen LogP contribution in [0.15, 0.2) is 24.3 Å². The van der Waals surface area contributed by atoms with Gasteiger partial charge < -0.3 is 29.1 Å². The number of phenols is 1. The fourth-order valence-electron chi connectivity index (χ4n) is 5.09. The molecule has 0 spiro atoms. The van der Waals surface area contributed by atoms with Crippen LogP contribution in [0.1, 0.15) is 41.2 Å². The topological polar surface area (TPSA) is 88.5 Å². The lowest BCUT2D eigenvalue weighted by atomic mass is 9.86. The van der Waals surface area contributed by atoms with E-state index in [9.17, 15) is 14.7 Å². The Bertz CT molecular complexity index is 1250. The van der Waals surface area contributed by atoms with Crippen LogP contribution in [0.2, 0.25) is 0 Å². The molecule has 1 N–H and O–H groups in total. The minimum atomic E-state index is -0.979. The number of aromatic hydroxyl groups is 1. The van der Waals surface area contributed by atoms with Crippen molar-refractivity contribution in [3.05, 3.63) is 52.1 Å². The van der Waals surface area contributed by atoms with E-state index in [-0.39, 0.29) is 11.8 Å². The van der Waals surface area contributed by atoms with Gasteiger partial charge in [0.05, 0.1) is 14.2 Å². The largest absolute Gasteiger partial charge is 0.507 e. The maximum atomic E-state index is 13.5. The highest BCUT2D eigenvalue weighted by Crippen LogP contribution is 2.43. The van der Waals surface area contributed by atoms with Crippen LogP contribution in [0, 0.1) is 20.8 Å². The van der Waals surface area contributed by atoms with E-state index < -0.39 is 5.60 Å². The van der Waals surface area contributed by atoms with Gasteiger partial charge >= 0.3 is 0 Å². The van der Waals surface area contributed by atoms with Crippen molar-refractivity contribution in [2.75, 3.05) is 40.4 Å². The number of ether oxygens (including phenoxy) is 3. The van der Waals surface area contributed by atoms with Crippen LogP contribution in [0.25, 0.3) is 6.08 Å². The van der Waals surface area contributed by atoms with E-state index in [4.69, 9.17) is 14.2 Å². The summed E-state index contributed by atoms with van der Waals surface area (Å²) in [5.41, 5.74) is 3.29. The summed E-state index contributed by atoms with van der Waals surface area (Å²) < 4.78 is 16.9. The number of fused-ring (bicyclic) bond motifs is 1. The predicted molar refractivity (Wildman–Crippen MR) is 141 cm³/mol. The van der Waals surface area contributed by atoms with Crippen molar-refractivity contribution in [3.8, 4) is 23.0 Å². The Morgan fingerprint density at radius 3 is 2.27 bits per heavy atom. The molecule has 2 heterocycles. The average molecular weight is 509 g/mol. The van der Waals surface area contributed by atoms with Crippen molar-refractivity contribution in [2.24, 2.45) is 0 Å². The molecule has 0 saturated carbocycles. The zero-order valence-corrected chi connectivity index (χ0v) is 22.5. The highest BCUT2D eigenvalue weighted by molar-refractivity contribution is 5.92. The molecule has 0 radical (unpaired) electrons. The molecule has 2 aliphatic rings. The lowest BCUT2D eigenvalue weighted by Gasteiger charge is -2.42. The molecule has 8 nitrogen and oxygen atoms in total. The van der Waals surface area contributed by atoms with Crippen molar-refractivity contribution in [2.45, 2.75) is 46.1 Å². The fourth-order valence-corrected chi connectivity index (χ4v) is 5.09. The summed E-state index contributed by atoms with van der Waals surface area (Å²) in [5, 5.41) is 10.4. The smallest absolute Gasteiger partial charge is 0.266 e. The minimum Gasteiger partial charge on any atom is -0.507 e. The Hall–Kier alpha value is -3.68. The summed E-state index contributed by atoms with van der Waals surface area (Å²) in [6.45, 7) is 9.34. The molecule has 0 aliphatic carbocycles. The van der Waals surface area contributed by atoms with E-state index in [2.05, 4.69) is 0 Å². The molecule has 1 fully saturated rings. The average Bonchev–Trinajstić information content (AvgIpc) is 2.93. The first-order valence-electron chi connectivity index (χ1n) is 12.6. The van der Waals surface area contributed by atoms with Gasteiger partial charge in [-0.1, -0.05) is 6.07 Å². The van der Waals surface area contributed by atoms with Gasteiger partial charge in [-0.15, -0.1) is 0 Å². The zero-order chi connectivity index (χ0) is 26.9. The van der Waals surface area contributed by atoms with Crippen molar-refractivity contribution in [1.29, 1.82) is 0 Å². The van der Waals surface area contributed by atoms with E-state index in [0.717, 1.165) is 27.8 Å². The molecule has 1 unspecified atom stereocenters. The van der Waals surface area contributed by atoms with Gasteiger partial charge in [0.25, 0.3) is 5.91 Å². The maximum Gasteiger partial charge on any atom is 0.266 e. The van der Waals surface area contributed by atoms with E-state index >= 15 is 0 Å². The summed E-state index contributed by atoms with van der Waals surface area (Å²) in [5.74, 6) is 2.08. The van der Waals surface area contributed by atoms with Crippen LogP contribution in [0.5, 0.6) is 23.0 Å². The molecular formula is C29H36N2O6. The Labute approximate surface area is 218 Å². The lowest BCUT2D eigenvalue weighted by molar-refractivity contribution is -0.151. The number of benzene rings is 2. The summed E-state index contributed by atoms with van der Waals surface area (Å²) in [6.07, 6.45) is 4.50. The van der Waals surface area contributed by atoms with Gasteiger partial charge in [-0.25, -0.2) is 0 Å². The van der Waals surface area contributed by atoms with Crippen molar-refractivity contribution in [3.63, 3.8) is 0 Å². The number of nitrogens with zero attached hydrogens (tertiary/aromatic N) is 2. The fraction of sp³-hybridized carbons (Fsp3) is 0.448. The molecule has 198 valence electrons. The third-order valence-corrected chi connectivity index (χ3v) is 7.68. The standard InChI is InChI=1S/C29H36N2O6/c1-18-19(2)27-22(20(3)26(18)33)11-12-29(4,37-27)28(34)31-15-13-30(14-16-31)25(32)10-8-21-7-9-23(35-5)24(17-21)36-6/h7-10,17,33H,11-16H2,1-6H3/b10-8+. The molecule has 2 aromatic carbocycles. The number of phenolic OH excluding ortho intramolecular Hbond substituents is 1. The normalized spacial score (nSPS) is 19.4. The third kappa shape index (κ3) is 4.97. The van der Waals surface area contributed by atoms with Crippen LogP contribution >= 0.6 is 0 Å². The van der Waals surface area contributed by atoms with Crippen molar-refractivity contribution >= 4 is 17.9 Å². The van der Waals surface area contributed by atoms with E-state index in [1.165, 1.54) is 0 Å². The number of amides is 2. The third-order valence-electron chi connectivity index (χ3n) is 7.68. The molecule has 2 amide bonds. The van der Waals surface area contributed by atoms with Gasteiger partial charge in [-0.2, -0.15) is 0 Å². The quantitative estimate of drug-likeness (QED) is 0.618. The van der Waals surface area contributed by atoms with Gasteiger partial charge in [0.15, 0.2) is 17.1 Å². The minimum absolute atomic E-state index is 0.0612. The molecule has 2 aromatic rings. The summed E-state index contributed by atoms with van der Waals surface area (Å²) >= 11 is 0. The second-order valence-corrected chi connectivity index (χ2v) is 9.93. The number of methoxy groups -OCH3 is 2. The van der Waals surface area contributed by atoms with E-state index in [0.29, 0.717) is 62.0 Å². The van der Waals surface area contributed by atoms with E-state index in [1.54, 1.807) is 42.2 Å². The molecule has 37 heavy (non-hydrogen) atoms. The maximum absolute atomic E-state index is 13.5. The van der Waals surface area contributed by atoms with Gasteiger partial charge in [-0.05, 0) is 74.6 Å². The molecule has 2 aliphatic heterocycles. The zero-order valence-electron chi connectivity index (χ0n) is 22.5. The Morgan fingerprint density at radius 1 is 0.973 bits per heavy atom. The van der Waals surface area contributed by atoms with Gasteiger partial charge in [0, 0.05) is 44.2 Å². The molecule has 8 heteroatoms. The number of hydrogen-bond donors (Lipinski definition) is 1. The Morgan fingerprint density at radius 2 is 1.62 bits per heavy atom. The molecular weight excluding hydrogens is 472 g/mol. The summed E-state index contributed by atoms with van der Waals surface area (Å²) in [7, 11) is 3.15. The number of carbonyl (C=O) groups excluding carboxylic acids is 2. The highest BCUT2D eigenvalue weighted by Gasteiger charge is 2.43. The SMILES string of the molecule is COc1ccc(/C=C/C(=O)N2CCN(C(=O)C3(C)CCc4c(C)c(O)c(C)c(C)c4O3)CC2)cc1OC. The van der Waals surface area contributed by atoms with Crippen molar-refractivity contribution < 1.29 is 28.9 Å². The first-order valence-corrected chi connectivity index (χ1v) is 12.6. The molecule has 0 bridgehead atoms. The lowest BCUT2D eigenvalue weighted by Crippen LogP contribution is -2.58. The van der Waals surface area contributed by atoms with Crippen LogP contribution in [0.3, 0.4) is 0 Å². The van der Waals surface area contributed by atoms with Crippen LogP contribution in [0.4, 0.5) is 0 Å². The molecule has 1 saturated heterocycles. The molecule has 1 atom stereocenters. The number of piperazine rings is 1. The summed E-state index contributed by atoms with van der Waals surface area (Å²) in [4.78, 5) is 29.9. The predicted octanol–water partition coefficient (Wildman–Crippen LogP) is 3.80. The van der Waals surface area contributed by atoms with Crippen LogP contribution < -0.4 is 14.2 Å². The van der Waals surface area contributed by atoms with Gasteiger partial charge in [-0.3, -0.25) is 9.59 Å². The van der Waals surface area contributed by atoms with Crippen LogP contribution in [-0.2, 0) is 16.0 Å². The van der Waals surface area contributed by atoms with Crippen LogP contribution in [-0.4, -0.2) is 72.7 Å². The number of hydrogen-bond acceptors (Lipinski definition) is 6. The van der Waals surface area contributed by atoms with Gasteiger partial charge in [0.1, 0.15) is 11.5 Å². The monoisotopic (exact) mass is 508 g/mol. The Kier molecular flexibility index (Phi) is 7.39. The number of carbonyl (C=O) groups is 2. The van der Waals surface area contributed by atoms with E-state index in [1.807, 2.05) is 39.8 Å². The molecule has 0 aromatic heterocycles. The molecule has 4 rings (SSSR count). The second-order valence-electron chi connectivity index (χ2n) is 9.93. The highest BCUT2D eigenvalue weighted by atomic mass is 16.5. The first-order chi connectivity index (χ1) is 17.6. The first kappa shape index (κ1) is 26.4. The Balaban J connectivity index is 1.39. The van der Waals surface area contributed by atoms with Gasteiger partial charge in [0.2, 0.25) is 5.91 Å². The number of rotatable bonds is 5.